The Labute approximate surface area is 123 Å². The summed E-state index contributed by atoms with van der Waals surface area (Å²) in [5.74, 6) is 0.636. The summed E-state index contributed by atoms with van der Waals surface area (Å²) in [6, 6.07) is 8.10. The molecule has 0 aliphatic rings. The Morgan fingerprint density at radius 2 is 1.79 bits per heavy atom. The van der Waals surface area contributed by atoms with Gasteiger partial charge >= 0.3 is 0 Å². The minimum Gasteiger partial charge on any atom is -0.312 e. The fraction of sp³-hybridized carbons (Fsp3) is 0.625. The molecule has 0 fully saturated rings. The first-order valence-corrected chi connectivity index (χ1v) is 7.32. The van der Waals surface area contributed by atoms with Gasteiger partial charge in [0.15, 0.2) is 0 Å². The van der Waals surface area contributed by atoms with Gasteiger partial charge in [-0.2, -0.15) is 0 Å². The summed E-state index contributed by atoms with van der Waals surface area (Å²) in [4.78, 5) is 2.36. The molecule has 0 radical (unpaired) electrons. The maximum Gasteiger partial charge on any atom is 0.0406 e. The predicted molar refractivity (Wildman–Crippen MR) is 84.7 cm³/mol. The summed E-state index contributed by atoms with van der Waals surface area (Å²) in [6.45, 7) is 12.0. The summed E-state index contributed by atoms with van der Waals surface area (Å²) in [5, 5.41) is 4.35. The Bertz CT molecular complexity index is 367. The van der Waals surface area contributed by atoms with Crippen molar-refractivity contribution in [1.29, 1.82) is 0 Å². The van der Waals surface area contributed by atoms with Crippen LogP contribution in [-0.4, -0.2) is 30.6 Å². The molecule has 108 valence electrons. The van der Waals surface area contributed by atoms with E-state index in [-0.39, 0.29) is 5.54 Å². The second-order valence-electron chi connectivity index (χ2n) is 6.56. The van der Waals surface area contributed by atoms with E-state index in [0.717, 1.165) is 24.7 Å². The van der Waals surface area contributed by atoms with Crippen LogP contribution in [-0.2, 0) is 6.54 Å². The largest absolute Gasteiger partial charge is 0.312 e. The second-order valence-corrected chi connectivity index (χ2v) is 7.00. The van der Waals surface area contributed by atoms with Crippen LogP contribution in [0.3, 0.4) is 0 Å². The molecule has 1 aromatic rings. The van der Waals surface area contributed by atoms with E-state index in [9.17, 15) is 0 Å². The molecule has 0 saturated heterocycles. The van der Waals surface area contributed by atoms with E-state index in [2.05, 4.69) is 57.1 Å². The Kier molecular flexibility index (Phi) is 6.31. The third kappa shape index (κ3) is 7.56. The highest BCUT2D eigenvalue weighted by Crippen LogP contribution is 2.11. The van der Waals surface area contributed by atoms with Gasteiger partial charge in [0, 0.05) is 23.7 Å². The zero-order chi connectivity index (χ0) is 14.5. The number of hydrogen-bond donors (Lipinski definition) is 1. The Morgan fingerprint density at radius 1 is 1.21 bits per heavy atom. The lowest BCUT2D eigenvalue weighted by molar-refractivity contribution is 0.261. The number of halogens is 1. The van der Waals surface area contributed by atoms with Crippen LogP contribution < -0.4 is 5.32 Å². The van der Waals surface area contributed by atoms with Crippen LogP contribution in [0.1, 0.15) is 33.3 Å². The highest BCUT2D eigenvalue weighted by Gasteiger charge is 2.12. The van der Waals surface area contributed by atoms with Crippen molar-refractivity contribution in [3.8, 4) is 0 Å². The molecule has 0 heterocycles. The van der Waals surface area contributed by atoms with Crippen molar-refractivity contribution in [2.75, 3.05) is 20.1 Å². The van der Waals surface area contributed by atoms with E-state index in [1.165, 1.54) is 5.56 Å². The van der Waals surface area contributed by atoms with Gasteiger partial charge in [-0.25, -0.2) is 0 Å². The van der Waals surface area contributed by atoms with Crippen LogP contribution in [0.4, 0.5) is 0 Å². The maximum absolute atomic E-state index is 5.89. The summed E-state index contributed by atoms with van der Waals surface area (Å²) in [5.41, 5.74) is 1.51. The van der Waals surface area contributed by atoms with E-state index in [1.54, 1.807) is 0 Å². The van der Waals surface area contributed by atoms with Gasteiger partial charge in [-0.3, -0.25) is 0 Å². The lowest BCUT2D eigenvalue weighted by Crippen LogP contribution is -2.40. The number of nitrogens with one attached hydrogen (secondary N) is 1. The van der Waals surface area contributed by atoms with Gasteiger partial charge in [-0.05, 0) is 58.0 Å². The number of rotatable bonds is 6. The SMILES string of the molecule is CC(CNC(C)(C)C)CN(C)Cc1ccc(Cl)cc1. The number of benzene rings is 1. The van der Waals surface area contributed by atoms with Gasteiger partial charge in [0.2, 0.25) is 0 Å². The van der Waals surface area contributed by atoms with Gasteiger partial charge in [0.25, 0.3) is 0 Å². The number of hydrogen-bond acceptors (Lipinski definition) is 2. The Balaban J connectivity index is 2.34. The first kappa shape index (κ1) is 16.5. The highest BCUT2D eigenvalue weighted by molar-refractivity contribution is 6.30. The minimum atomic E-state index is 0.197. The van der Waals surface area contributed by atoms with E-state index < -0.39 is 0 Å². The zero-order valence-corrected chi connectivity index (χ0v) is 13.6. The molecule has 1 N–H and O–H groups in total. The molecule has 1 unspecified atom stereocenters. The molecule has 1 rings (SSSR count). The maximum atomic E-state index is 5.89. The van der Waals surface area contributed by atoms with Gasteiger partial charge in [0.05, 0.1) is 0 Å². The molecule has 0 saturated carbocycles. The summed E-state index contributed by atoms with van der Waals surface area (Å²) >= 11 is 5.89. The average Bonchev–Trinajstić information content (AvgIpc) is 2.29. The normalized spacial score (nSPS) is 13.8. The van der Waals surface area contributed by atoms with Crippen molar-refractivity contribution in [3.05, 3.63) is 34.9 Å². The van der Waals surface area contributed by atoms with Gasteiger partial charge in [-0.1, -0.05) is 30.7 Å². The number of nitrogens with zero attached hydrogens (tertiary/aromatic N) is 1. The van der Waals surface area contributed by atoms with Crippen molar-refractivity contribution >= 4 is 11.6 Å². The van der Waals surface area contributed by atoms with E-state index in [0.29, 0.717) is 5.92 Å². The lowest BCUT2D eigenvalue weighted by Gasteiger charge is -2.26. The van der Waals surface area contributed by atoms with E-state index in [1.807, 2.05) is 12.1 Å². The first-order valence-electron chi connectivity index (χ1n) is 6.94. The standard InChI is InChI=1S/C16H27ClN2/c1-13(10-18-16(2,3)4)11-19(5)12-14-6-8-15(17)9-7-14/h6-9,13,18H,10-12H2,1-5H3. The van der Waals surface area contributed by atoms with Crippen LogP contribution in [0.25, 0.3) is 0 Å². The third-order valence-corrected chi connectivity index (χ3v) is 3.22. The average molecular weight is 283 g/mol. The van der Waals surface area contributed by atoms with Gasteiger partial charge in [-0.15, -0.1) is 0 Å². The molecule has 0 aromatic heterocycles. The van der Waals surface area contributed by atoms with Crippen LogP contribution in [0.5, 0.6) is 0 Å². The van der Waals surface area contributed by atoms with Gasteiger partial charge < -0.3 is 10.2 Å². The smallest absolute Gasteiger partial charge is 0.0406 e. The Morgan fingerprint density at radius 3 is 2.32 bits per heavy atom. The molecule has 2 nitrogen and oxygen atoms in total. The minimum absolute atomic E-state index is 0.197. The van der Waals surface area contributed by atoms with Gasteiger partial charge in [0.1, 0.15) is 0 Å². The van der Waals surface area contributed by atoms with Crippen molar-refractivity contribution in [2.24, 2.45) is 5.92 Å². The third-order valence-electron chi connectivity index (χ3n) is 2.97. The highest BCUT2D eigenvalue weighted by atomic mass is 35.5. The molecule has 1 atom stereocenters. The monoisotopic (exact) mass is 282 g/mol. The molecule has 0 amide bonds. The van der Waals surface area contributed by atoms with Crippen molar-refractivity contribution in [2.45, 2.75) is 39.8 Å². The van der Waals surface area contributed by atoms with Crippen molar-refractivity contribution in [1.82, 2.24) is 10.2 Å². The van der Waals surface area contributed by atoms with Crippen LogP contribution in [0, 0.1) is 5.92 Å². The fourth-order valence-electron chi connectivity index (χ4n) is 2.04. The summed E-state index contributed by atoms with van der Waals surface area (Å²) < 4.78 is 0. The summed E-state index contributed by atoms with van der Waals surface area (Å²) in [6.07, 6.45) is 0. The van der Waals surface area contributed by atoms with Crippen molar-refractivity contribution in [3.63, 3.8) is 0 Å². The molecule has 3 heteroatoms. The van der Waals surface area contributed by atoms with E-state index in [4.69, 9.17) is 11.6 Å². The quantitative estimate of drug-likeness (QED) is 0.854. The molecule has 1 aromatic carbocycles. The van der Waals surface area contributed by atoms with Crippen LogP contribution in [0.15, 0.2) is 24.3 Å². The summed E-state index contributed by atoms with van der Waals surface area (Å²) in [7, 11) is 2.17. The van der Waals surface area contributed by atoms with Crippen molar-refractivity contribution < 1.29 is 0 Å². The topological polar surface area (TPSA) is 15.3 Å². The van der Waals surface area contributed by atoms with E-state index >= 15 is 0 Å². The Hall–Kier alpha value is -0.570. The molecular weight excluding hydrogens is 256 g/mol. The molecule has 19 heavy (non-hydrogen) atoms. The first-order chi connectivity index (χ1) is 8.76. The predicted octanol–water partition coefficient (Wildman–Crippen LogP) is 3.80. The fourth-order valence-corrected chi connectivity index (χ4v) is 2.17. The molecular formula is C16H27ClN2. The molecule has 0 spiro atoms. The van der Waals surface area contributed by atoms with Crippen LogP contribution >= 0.6 is 11.6 Å². The van der Waals surface area contributed by atoms with Crippen LogP contribution in [0.2, 0.25) is 5.02 Å². The second kappa shape index (κ2) is 7.28. The lowest BCUT2D eigenvalue weighted by atomic mass is 10.1. The molecule has 0 aliphatic carbocycles. The zero-order valence-electron chi connectivity index (χ0n) is 12.8. The molecule has 0 aliphatic heterocycles. The molecule has 0 bridgehead atoms.